The van der Waals surface area contributed by atoms with Crippen molar-refractivity contribution < 1.29 is 4.79 Å². The number of benzene rings is 1. The predicted octanol–water partition coefficient (Wildman–Crippen LogP) is 4.10. The van der Waals surface area contributed by atoms with E-state index >= 15 is 0 Å². The summed E-state index contributed by atoms with van der Waals surface area (Å²) in [6, 6.07) is 12.3. The van der Waals surface area contributed by atoms with Crippen LogP contribution in [0.3, 0.4) is 0 Å². The van der Waals surface area contributed by atoms with E-state index in [-0.39, 0.29) is 5.78 Å². The molecule has 20 heavy (non-hydrogen) atoms. The van der Waals surface area contributed by atoms with Crippen molar-refractivity contribution in [2.75, 3.05) is 0 Å². The summed E-state index contributed by atoms with van der Waals surface area (Å²) in [7, 11) is 0. The number of carbonyl (C=O) groups is 1. The number of Topliss-reactive ketones (excluding diaryl/α,β-unsaturated/α-hetero) is 1. The molecular formula is C16H16N2OS. The van der Waals surface area contributed by atoms with Gasteiger partial charge in [-0.2, -0.15) is 5.10 Å². The van der Waals surface area contributed by atoms with Crippen LogP contribution in [0.2, 0.25) is 0 Å². The van der Waals surface area contributed by atoms with E-state index in [0.717, 1.165) is 20.7 Å². The van der Waals surface area contributed by atoms with Gasteiger partial charge in [-0.25, -0.2) is 0 Å². The molecule has 0 saturated carbocycles. The van der Waals surface area contributed by atoms with Crippen molar-refractivity contribution in [1.29, 1.82) is 0 Å². The zero-order valence-corrected chi connectivity index (χ0v) is 12.4. The molecule has 0 aliphatic carbocycles. The summed E-state index contributed by atoms with van der Waals surface area (Å²) in [6.07, 6.45) is 2.30. The molecule has 0 spiro atoms. The Morgan fingerprint density at radius 2 is 2.10 bits per heavy atom. The van der Waals surface area contributed by atoms with E-state index in [1.807, 2.05) is 47.3 Å². The van der Waals surface area contributed by atoms with Crippen LogP contribution in [0.15, 0.2) is 42.6 Å². The van der Waals surface area contributed by atoms with Gasteiger partial charge in [0.1, 0.15) is 0 Å². The number of carbonyl (C=O) groups excluding carboxylic acids is 1. The predicted molar refractivity (Wildman–Crippen MR) is 82.5 cm³/mol. The van der Waals surface area contributed by atoms with Crippen LogP contribution in [0.4, 0.5) is 0 Å². The first-order valence-electron chi connectivity index (χ1n) is 6.69. The SMILES string of the molecule is CC(C)n1ccc(CC(=O)c2cc3ccccc3s2)n1. The summed E-state index contributed by atoms with van der Waals surface area (Å²) >= 11 is 1.55. The number of hydrogen-bond acceptors (Lipinski definition) is 3. The van der Waals surface area contributed by atoms with E-state index in [4.69, 9.17) is 0 Å². The van der Waals surface area contributed by atoms with E-state index in [1.165, 1.54) is 0 Å². The van der Waals surface area contributed by atoms with Crippen LogP contribution in [-0.2, 0) is 6.42 Å². The van der Waals surface area contributed by atoms with E-state index < -0.39 is 0 Å². The van der Waals surface area contributed by atoms with Gasteiger partial charge in [-0.15, -0.1) is 11.3 Å². The highest BCUT2D eigenvalue weighted by atomic mass is 32.1. The second-order valence-corrected chi connectivity index (χ2v) is 6.21. The minimum absolute atomic E-state index is 0.139. The van der Waals surface area contributed by atoms with Crippen LogP contribution < -0.4 is 0 Å². The van der Waals surface area contributed by atoms with E-state index in [2.05, 4.69) is 18.9 Å². The normalized spacial score (nSPS) is 11.3. The molecule has 0 unspecified atom stereocenters. The summed E-state index contributed by atoms with van der Waals surface area (Å²) in [5.74, 6) is 0.139. The molecule has 0 fully saturated rings. The first-order valence-corrected chi connectivity index (χ1v) is 7.51. The van der Waals surface area contributed by atoms with Gasteiger partial charge in [0.25, 0.3) is 0 Å². The number of hydrogen-bond donors (Lipinski definition) is 0. The van der Waals surface area contributed by atoms with Crippen molar-refractivity contribution >= 4 is 27.2 Å². The lowest BCUT2D eigenvalue weighted by molar-refractivity contribution is 0.0995. The number of fused-ring (bicyclic) bond motifs is 1. The fraction of sp³-hybridized carbons (Fsp3) is 0.250. The van der Waals surface area contributed by atoms with Crippen molar-refractivity contribution in [3.8, 4) is 0 Å². The average molecular weight is 284 g/mol. The topological polar surface area (TPSA) is 34.9 Å². The van der Waals surface area contributed by atoms with Crippen molar-refractivity contribution in [3.63, 3.8) is 0 Å². The van der Waals surface area contributed by atoms with Gasteiger partial charge >= 0.3 is 0 Å². The molecule has 0 bridgehead atoms. The highest BCUT2D eigenvalue weighted by molar-refractivity contribution is 7.20. The Labute approximate surface area is 121 Å². The van der Waals surface area contributed by atoms with Crippen LogP contribution in [-0.4, -0.2) is 15.6 Å². The van der Waals surface area contributed by atoms with Gasteiger partial charge in [-0.3, -0.25) is 9.48 Å². The fourth-order valence-corrected chi connectivity index (χ4v) is 3.13. The molecule has 0 aliphatic rings. The molecule has 0 atom stereocenters. The fourth-order valence-electron chi connectivity index (χ4n) is 2.13. The average Bonchev–Trinajstić information content (AvgIpc) is 3.04. The zero-order chi connectivity index (χ0) is 14.1. The Hall–Kier alpha value is -1.94. The molecule has 102 valence electrons. The van der Waals surface area contributed by atoms with Crippen molar-refractivity contribution in [1.82, 2.24) is 9.78 Å². The molecular weight excluding hydrogens is 268 g/mol. The van der Waals surface area contributed by atoms with E-state index in [1.54, 1.807) is 11.3 Å². The largest absolute Gasteiger partial charge is 0.293 e. The van der Waals surface area contributed by atoms with Crippen molar-refractivity contribution in [2.45, 2.75) is 26.3 Å². The smallest absolute Gasteiger partial charge is 0.178 e. The maximum atomic E-state index is 12.3. The summed E-state index contributed by atoms with van der Waals surface area (Å²) in [5, 5.41) is 5.56. The molecule has 3 rings (SSSR count). The van der Waals surface area contributed by atoms with Gasteiger partial charge in [0.2, 0.25) is 0 Å². The van der Waals surface area contributed by atoms with Crippen LogP contribution in [0, 0.1) is 0 Å². The van der Waals surface area contributed by atoms with Crippen molar-refractivity contribution in [3.05, 3.63) is 53.2 Å². The van der Waals surface area contributed by atoms with E-state index in [9.17, 15) is 4.79 Å². The maximum Gasteiger partial charge on any atom is 0.178 e. The third-order valence-electron chi connectivity index (χ3n) is 3.23. The Balaban J connectivity index is 1.81. The molecule has 0 saturated heterocycles. The van der Waals surface area contributed by atoms with Gasteiger partial charge < -0.3 is 0 Å². The molecule has 4 heteroatoms. The molecule has 3 nitrogen and oxygen atoms in total. The number of nitrogens with zero attached hydrogens (tertiary/aromatic N) is 2. The van der Waals surface area contributed by atoms with Gasteiger partial charge in [-0.05, 0) is 37.4 Å². The number of aromatic nitrogens is 2. The number of ketones is 1. The standard InChI is InChI=1S/C16H16N2OS/c1-11(2)18-8-7-13(17-18)10-14(19)16-9-12-5-3-4-6-15(12)20-16/h3-9,11H,10H2,1-2H3. The van der Waals surface area contributed by atoms with Crippen LogP contribution >= 0.6 is 11.3 Å². The van der Waals surface area contributed by atoms with Crippen LogP contribution in [0.5, 0.6) is 0 Å². The third-order valence-corrected chi connectivity index (χ3v) is 4.39. The third kappa shape index (κ3) is 2.51. The van der Waals surface area contributed by atoms with Gasteiger partial charge in [-0.1, -0.05) is 18.2 Å². The van der Waals surface area contributed by atoms with Crippen LogP contribution in [0.1, 0.15) is 35.3 Å². The second kappa shape index (κ2) is 5.21. The molecule has 3 aromatic rings. The lowest BCUT2D eigenvalue weighted by Crippen LogP contribution is -2.05. The molecule has 1 aromatic carbocycles. The first kappa shape index (κ1) is 13.1. The summed E-state index contributed by atoms with van der Waals surface area (Å²) in [6.45, 7) is 4.15. The Bertz CT molecular complexity index is 722. The monoisotopic (exact) mass is 284 g/mol. The maximum absolute atomic E-state index is 12.3. The van der Waals surface area contributed by atoms with E-state index in [0.29, 0.717) is 12.5 Å². The zero-order valence-electron chi connectivity index (χ0n) is 11.5. The Kier molecular flexibility index (Phi) is 3.40. The second-order valence-electron chi connectivity index (χ2n) is 5.13. The highest BCUT2D eigenvalue weighted by Crippen LogP contribution is 2.26. The summed E-state index contributed by atoms with van der Waals surface area (Å²) in [4.78, 5) is 13.1. The molecule has 0 amide bonds. The minimum Gasteiger partial charge on any atom is -0.293 e. The highest BCUT2D eigenvalue weighted by Gasteiger charge is 2.13. The molecule has 0 N–H and O–H groups in total. The molecule has 2 aromatic heterocycles. The van der Waals surface area contributed by atoms with Crippen molar-refractivity contribution in [2.24, 2.45) is 0 Å². The Morgan fingerprint density at radius 3 is 2.80 bits per heavy atom. The van der Waals surface area contributed by atoms with Crippen LogP contribution in [0.25, 0.3) is 10.1 Å². The summed E-state index contributed by atoms with van der Waals surface area (Å²) < 4.78 is 3.04. The van der Waals surface area contributed by atoms with Gasteiger partial charge in [0.15, 0.2) is 5.78 Å². The van der Waals surface area contributed by atoms with Gasteiger partial charge in [0, 0.05) is 16.9 Å². The molecule has 2 heterocycles. The first-order chi connectivity index (χ1) is 9.63. The lowest BCUT2D eigenvalue weighted by Gasteiger charge is -2.03. The minimum atomic E-state index is 0.139. The molecule has 0 radical (unpaired) electrons. The number of rotatable bonds is 4. The summed E-state index contributed by atoms with van der Waals surface area (Å²) in [5.41, 5.74) is 0.834. The lowest BCUT2D eigenvalue weighted by atomic mass is 10.2. The number of thiophene rings is 1. The molecule has 0 aliphatic heterocycles. The quantitative estimate of drug-likeness (QED) is 0.676. The van der Waals surface area contributed by atoms with Gasteiger partial charge in [0.05, 0.1) is 17.0 Å². The Morgan fingerprint density at radius 1 is 1.30 bits per heavy atom.